The molecule has 2 aliphatic rings. The summed E-state index contributed by atoms with van der Waals surface area (Å²) in [5.41, 5.74) is 11.0. The lowest BCUT2D eigenvalue weighted by Crippen LogP contribution is -2.11. The van der Waals surface area contributed by atoms with Crippen molar-refractivity contribution in [1.82, 2.24) is 0 Å². The maximum absolute atomic E-state index is 2.45. The molecule has 0 aromatic heterocycles. The van der Waals surface area contributed by atoms with Gasteiger partial charge in [-0.15, -0.1) is 0 Å². The molecule has 0 amide bonds. The molecule has 0 heterocycles. The largest absolute Gasteiger partial charge is 0.0661 e. The van der Waals surface area contributed by atoms with Crippen molar-refractivity contribution >= 4 is 0 Å². The summed E-state index contributed by atoms with van der Waals surface area (Å²) in [5.74, 6) is 0.528. The van der Waals surface area contributed by atoms with Crippen molar-refractivity contribution in [3.8, 4) is 11.1 Å². The monoisotopic (exact) mass is 370 g/mol. The van der Waals surface area contributed by atoms with Crippen molar-refractivity contribution in [1.29, 1.82) is 0 Å². The van der Waals surface area contributed by atoms with E-state index in [9.17, 15) is 0 Å². The molecule has 0 radical (unpaired) electrons. The second-order valence-electron chi connectivity index (χ2n) is 10.7. The molecular formula is C28H34. The molecule has 1 atom stereocenters. The Bertz CT molecular complexity index is 954. The lowest BCUT2D eigenvalue weighted by atomic mass is 9.83. The summed E-state index contributed by atoms with van der Waals surface area (Å²) in [5, 5.41) is 0. The zero-order chi connectivity index (χ0) is 20.1. The smallest absolute Gasteiger partial charge is 0.0105 e. The van der Waals surface area contributed by atoms with Crippen molar-refractivity contribution in [3.05, 3.63) is 82.5 Å². The van der Waals surface area contributed by atoms with Gasteiger partial charge in [0.25, 0.3) is 0 Å². The standard InChI is InChI=1S/C28H34/c1-27(2,3)20-13-11-19(17-20)12-15-24-22-9-7-8-10-23(22)26-18-21(28(4,5)6)14-16-25(24)26/h7-11,13-14,16,18,24H,12,15,17H2,1-6H3. The first kappa shape index (κ1) is 19.2. The van der Waals surface area contributed by atoms with Crippen LogP contribution >= 0.6 is 0 Å². The van der Waals surface area contributed by atoms with E-state index in [2.05, 4.69) is 96.2 Å². The van der Waals surface area contributed by atoms with Gasteiger partial charge >= 0.3 is 0 Å². The summed E-state index contributed by atoms with van der Waals surface area (Å²) in [6.07, 6.45) is 8.30. The van der Waals surface area contributed by atoms with Gasteiger partial charge in [0.05, 0.1) is 0 Å². The van der Waals surface area contributed by atoms with E-state index in [0.717, 1.165) is 6.42 Å². The minimum Gasteiger partial charge on any atom is -0.0661 e. The third-order valence-corrected chi connectivity index (χ3v) is 6.58. The number of fused-ring (bicyclic) bond motifs is 3. The van der Waals surface area contributed by atoms with Gasteiger partial charge in [-0.3, -0.25) is 0 Å². The number of allylic oxidation sites excluding steroid dienone is 4. The first-order valence-electron chi connectivity index (χ1n) is 10.8. The predicted molar refractivity (Wildman–Crippen MR) is 122 cm³/mol. The second-order valence-corrected chi connectivity index (χ2v) is 10.7. The third-order valence-electron chi connectivity index (χ3n) is 6.58. The highest BCUT2D eigenvalue weighted by molar-refractivity contribution is 5.79. The van der Waals surface area contributed by atoms with Gasteiger partial charge < -0.3 is 0 Å². The van der Waals surface area contributed by atoms with Crippen molar-refractivity contribution in [2.75, 3.05) is 0 Å². The average Bonchev–Trinajstić information content (AvgIpc) is 3.21. The van der Waals surface area contributed by atoms with Crippen LogP contribution in [0.1, 0.15) is 83.4 Å². The maximum atomic E-state index is 2.45. The number of hydrogen-bond donors (Lipinski definition) is 0. The highest BCUT2D eigenvalue weighted by Crippen LogP contribution is 2.48. The Balaban J connectivity index is 1.58. The van der Waals surface area contributed by atoms with E-state index in [1.165, 1.54) is 40.7 Å². The molecule has 1 unspecified atom stereocenters. The Hall–Kier alpha value is -2.08. The van der Waals surface area contributed by atoms with Crippen LogP contribution < -0.4 is 0 Å². The predicted octanol–water partition coefficient (Wildman–Crippen LogP) is 8.18. The second kappa shape index (κ2) is 6.76. The fraction of sp³-hybridized carbons (Fsp3) is 0.429. The van der Waals surface area contributed by atoms with E-state index in [-0.39, 0.29) is 10.8 Å². The zero-order valence-electron chi connectivity index (χ0n) is 18.4. The van der Waals surface area contributed by atoms with Crippen LogP contribution in [0.5, 0.6) is 0 Å². The average molecular weight is 371 g/mol. The molecule has 0 heteroatoms. The molecule has 2 aromatic carbocycles. The van der Waals surface area contributed by atoms with E-state index < -0.39 is 0 Å². The zero-order valence-corrected chi connectivity index (χ0v) is 18.4. The summed E-state index contributed by atoms with van der Waals surface area (Å²) in [6, 6.07) is 16.3. The summed E-state index contributed by atoms with van der Waals surface area (Å²) < 4.78 is 0. The highest BCUT2D eigenvalue weighted by Gasteiger charge is 2.30. The quantitative estimate of drug-likeness (QED) is 0.511. The van der Waals surface area contributed by atoms with Gasteiger partial charge in [-0.05, 0) is 57.9 Å². The van der Waals surface area contributed by atoms with Gasteiger partial charge in [0, 0.05) is 5.92 Å². The molecule has 0 fully saturated rings. The molecule has 0 spiro atoms. The highest BCUT2D eigenvalue weighted by atomic mass is 14.3. The molecule has 2 aliphatic carbocycles. The molecule has 0 saturated carbocycles. The van der Waals surface area contributed by atoms with Crippen LogP contribution in [0.15, 0.2) is 65.8 Å². The summed E-state index contributed by atoms with van der Waals surface area (Å²) in [7, 11) is 0. The van der Waals surface area contributed by atoms with E-state index in [1.54, 1.807) is 11.1 Å². The van der Waals surface area contributed by atoms with Crippen LogP contribution in [-0.4, -0.2) is 0 Å². The van der Waals surface area contributed by atoms with Crippen LogP contribution in [0.25, 0.3) is 11.1 Å². The molecule has 2 aromatic rings. The lowest BCUT2D eigenvalue weighted by molar-refractivity contribution is 0.492. The summed E-state index contributed by atoms with van der Waals surface area (Å²) in [4.78, 5) is 0. The van der Waals surface area contributed by atoms with E-state index in [1.807, 2.05) is 0 Å². The summed E-state index contributed by atoms with van der Waals surface area (Å²) >= 11 is 0. The van der Waals surface area contributed by atoms with E-state index >= 15 is 0 Å². The minimum absolute atomic E-state index is 0.186. The van der Waals surface area contributed by atoms with Crippen molar-refractivity contribution in [3.63, 3.8) is 0 Å². The van der Waals surface area contributed by atoms with Crippen LogP contribution in [0.2, 0.25) is 0 Å². The Morgan fingerprint density at radius 3 is 2.18 bits per heavy atom. The number of benzene rings is 2. The molecule has 0 N–H and O–H groups in total. The van der Waals surface area contributed by atoms with E-state index in [0.29, 0.717) is 5.92 Å². The first-order valence-corrected chi connectivity index (χ1v) is 10.8. The molecule has 146 valence electrons. The van der Waals surface area contributed by atoms with Crippen LogP contribution in [0.3, 0.4) is 0 Å². The SMILES string of the molecule is CC(C)(C)C1=CC=C(CCC2c3ccccc3-c3cc(C(C)(C)C)ccc32)C1. The Kier molecular flexibility index (Phi) is 4.65. The van der Waals surface area contributed by atoms with Crippen LogP contribution in [0, 0.1) is 5.41 Å². The first-order chi connectivity index (χ1) is 13.1. The molecule has 4 rings (SSSR count). The van der Waals surface area contributed by atoms with Crippen molar-refractivity contribution in [2.45, 2.75) is 72.1 Å². The van der Waals surface area contributed by atoms with Gasteiger partial charge in [0.2, 0.25) is 0 Å². The third kappa shape index (κ3) is 3.50. The summed E-state index contributed by atoms with van der Waals surface area (Å²) in [6.45, 7) is 13.9. The van der Waals surface area contributed by atoms with Gasteiger partial charge in [-0.1, -0.05) is 107 Å². The minimum atomic E-state index is 0.186. The lowest BCUT2D eigenvalue weighted by Gasteiger charge is -2.22. The normalized spacial score (nSPS) is 18.6. The molecule has 0 nitrogen and oxygen atoms in total. The fourth-order valence-corrected chi connectivity index (χ4v) is 4.68. The van der Waals surface area contributed by atoms with Crippen molar-refractivity contribution < 1.29 is 0 Å². The topological polar surface area (TPSA) is 0 Å². The van der Waals surface area contributed by atoms with E-state index in [4.69, 9.17) is 0 Å². The maximum Gasteiger partial charge on any atom is 0.0105 e. The molecule has 0 bridgehead atoms. The van der Waals surface area contributed by atoms with Crippen LogP contribution in [0.4, 0.5) is 0 Å². The Morgan fingerprint density at radius 1 is 0.786 bits per heavy atom. The molecule has 0 saturated heterocycles. The molecule has 28 heavy (non-hydrogen) atoms. The number of hydrogen-bond acceptors (Lipinski definition) is 0. The van der Waals surface area contributed by atoms with Gasteiger partial charge in [0.1, 0.15) is 0 Å². The number of rotatable bonds is 3. The van der Waals surface area contributed by atoms with Crippen LogP contribution in [-0.2, 0) is 5.41 Å². The van der Waals surface area contributed by atoms with Gasteiger partial charge in [0.15, 0.2) is 0 Å². The Labute approximate surface area is 171 Å². The molecule has 0 aliphatic heterocycles. The van der Waals surface area contributed by atoms with Gasteiger partial charge in [-0.25, -0.2) is 0 Å². The Morgan fingerprint density at radius 2 is 1.50 bits per heavy atom. The van der Waals surface area contributed by atoms with Gasteiger partial charge in [-0.2, -0.15) is 0 Å². The fourth-order valence-electron chi connectivity index (χ4n) is 4.68. The van der Waals surface area contributed by atoms with Crippen molar-refractivity contribution in [2.24, 2.45) is 5.41 Å². The molecular weight excluding hydrogens is 336 g/mol.